The van der Waals surface area contributed by atoms with E-state index in [1.165, 1.54) is 4.52 Å². The molecule has 0 aromatic carbocycles. The first-order valence-electron chi connectivity index (χ1n) is 10.5. The molecular weight excluding hydrogens is 559 g/mol. The van der Waals surface area contributed by atoms with Gasteiger partial charge in [-0.1, -0.05) is 0 Å². The molecule has 2 N–H and O–H groups in total. The molecule has 6 rings (SSSR count). The van der Waals surface area contributed by atoms with E-state index in [1.807, 2.05) is 24.4 Å². The summed E-state index contributed by atoms with van der Waals surface area (Å²) >= 11 is 6.70. The van der Waals surface area contributed by atoms with Crippen LogP contribution in [0.5, 0.6) is 0 Å². The number of carbonyl (C=O) groups is 2. The Morgan fingerprint density at radius 1 is 0.909 bits per heavy atom. The summed E-state index contributed by atoms with van der Waals surface area (Å²) in [7, 11) is 0. The van der Waals surface area contributed by atoms with E-state index in [2.05, 4.69) is 52.7 Å². The summed E-state index contributed by atoms with van der Waals surface area (Å²) in [6.45, 7) is 0. The zero-order valence-corrected chi connectivity index (χ0v) is 20.4. The van der Waals surface area contributed by atoms with Crippen molar-refractivity contribution in [3.63, 3.8) is 0 Å². The van der Waals surface area contributed by atoms with Gasteiger partial charge in [-0.25, -0.2) is 13.4 Å². The van der Waals surface area contributed by atoms with Crippen LogP contribution in [0.15, 0.2) is 51.7 Å². The van der Waals surface area contributed by atoms with E-state index < -0.39 is 5.82 Å². The molecule has 0 radical (unpaired) electrons. The highest BCUT2D eigenvalue weighted by Crippen LogP contribution is 2.32. The van der Waals surface area contributed by atoms with E-state index in [0.29, 0.717) is 15.8 Å². The normalized spacial score (nSPS) is 15.2. The lowest BCUT2D eigenvalue weighted by Gasteiger charge is -1.98. The first-order chi connectivity index (χ1) is 15.9. The lowest BCUT2D eigenvalue weighted by atomic mass is 10.3. The van der Waals surface area contributed by atoms with Crippen molar-refractivity contribution in [2.45, 2.75) is 25.7 Å². The number of anilines is 2. The Labute approximate surface area is 204 Å². The summed E-state index contributed by atoms with van der Waals surface area (Å²) < 4.78 is 18.7. The van der Waals surface area contributed by atoms with Gasteiger partial charge in [0.2, 0.25) is 11.8 Å². The first-order valence-corrected chi connectivity index (χ1v) is 12.1. The Hall–Kier alpha value is -2.79. The first kappa shape index (κ1) is 22.0. The van der Waals surface area contributed by atoms with Crippen molar-refractivity contribution in [2.75, 3.05) is 10.6 Å². The van der Waals surface area contributed by atoms with Gasteiger partial charge in [0.15, 0.2) is 17.5 Å². The number of aromatic nitrogens is 4. The van der Waals surface area contributed by atoms with Gasteiger partial charge in [0.1, 0.15) is 5.52 Å². The number of fused-ring (bicyclic) bond motifs is 2. The van der Waals surface area contributed by atoms with Crippen molar-refractivity contribution >= 4 is 66.3 Å². The quantitative estimate of drug-likeness (QED) is 0.356. The van der Waals surface area contributed by atoms with Crippen molar-refractivity contribution in [2.24, 2.45) is 11.8 Å². The number of hydrogen-bond donors (Lipinski definition) is 2. The molecule has 0 spiro atoms. The molecule has 8 nitrogen and oxygen atoms in total. The van der Waals surface area contributed by atoms with Crippen LogP contribution in [0.3, 0.4) is 0 Å². The van der Waals surface area contributed by atoms with Crippen molar-refractivity contribution in [3.05, 3.63) is 57.5 Å². The maximum atomic E-state index is 14.0. The van der Waals surface area contributed by atoms with Crippen LogP contribution in [-0.2, 0) is 9.59 Å². The van der Waals surface area contributed by atoms with Crippen LogP contribution in [0.2, 0.25) is 0 Å². The van der Waals surface area contributed by atoms with Crippen LogP contribution in [0.4, 0.5) is 16.0 Å². The molecule has 4 heterocycles. The highest BCUT2D eigenvalue weighted by Gasteiger charge is 2.31. The molecule has 170 valence electrons. The molecule has 0 atom stereocenters. The third-order valence-electron chi connectivity index (χ3n) is 5.39. The van der Waals surface area contributed by atoms with Crippen LogP contribution in [0, 0.1) is 17.7 Å². The SMILES string of the molecule is O=C(Nc1cc2c(Br)cccn2n1)C1CC1.O=C(Nc1nn2cccc(Br)c2c1F)C1CC1. The summed E-state index contributed by atoms with van der Waals surface area (Å²) in [6.07, 6.45) is 7.25. The average molecular weight is 578 g/mol. The maximum absolute atomic E-state index is 14.0. The van der Waals surface area contributed by atoms with Crippen LogP contribution < -0.4 is 10.6 Å². The fourth-order valence-corrected chi connectivity index (χ4v) is 4.24. The van der Waals surface area contributed by atoms with Gasteiger partial charge in [-0.05, 0) is 81.8 Å². The number of hydrogen-bond acceptors (Lipinski definition) is 4. The van der Waals surface area contributed by atoms with E-state index in [1.54, 1.807) is 22.8 Å². The standard InChI is InChI=1S/C11H9BrFN3O.C11H10BrN3O/c12-7-2-1-5-16-9(7)8(13)10(15-16)14-11(17)6-3-4-6;12-8-2-1-5-15-9(8)6-10(14-15)13-11(16)7-3-4-7/h1-2,5-6H,3-4H2,(H,14,15,17);1-2,5-7H,3-4H2,(H,13,14,16). The lowest BCUT2D eigenvalue weighted by molar-refractivity contribution is -0.118. The molecule has 4 aromatic heterocycles. The second kappa shape index (κ2) is 8.86. The largest absolute Gasteiger partial charge is 0.309 e. The Morgan fingerprint density at radius 2 is 1.52 bits per heavy atom. The molecule has 2 aliphatic carbocycles. The summed E-state index contributed by atoms with van der Waals surface area (Å²) in [5, 5.41) is 13.6. The number of halogens is 3. The summed E-state index contributed by atoms with van der Waals surface area (Å²) in [5.41, 5.74) is 1.28. The lowest BCUT2D eigenvalue weighted by Crippen LogP contribution is -2.14. The number of amides is 2. The maximum Gasteiger partial charge on any atom is 0.228 e. The van der Waals surface area contributed by atoms with Crippen LogP contribution in [-0.4, -0.2) is 31.0 Å². The van der Waals surface area contributed by atoms with Crippen LogP contribution in [0.25, 0.3) is 11.0 Å². The minimum Gasteiger partial charge on any atom is -0.309 e. The third-order valence-corrected chi connectivity index (χ3v) is 6.70. The van der Waals surface area contributed by atoms with E-state index in [-0.39, 0.29) is 29.5 Å². The number of carbonyl (C=O) groups excluding carboxylic acids is 2. The molecule has 2 saturated carbocycles. The number of nitrogens with zero attached hydrogens (tertiary/aromatic N) is 4. The average Bonchev–Trinajstić information content (AvgIpc) is 3.70. The number of nitrogens with one attached hydrogen (secondary N) is 2. The van der Waals surface area contributed by atoms with E-state index >= 15 is 0 Å². The van der Waals surface area contributed by atoms with Gasteiger partial charge in [-0.15, -0.1) is 10.2 Å². The zero-order valence-electron chi connectivity index (χ0n) is 17.3. The van der Waals surface area contributed by atoms with E-state index in [0.717, 1.165) is 35.7 Å². The zero-order chi connectivity index (χ0) is 23.1. The van der Waals surface area contributed by atoms with Gasteiger partial charge in [0.25, 0.3) is 0 Å². The van der Waals surface area contributed by atoms with Crippen molar-refractivity contribution in [1.82, 2.24) is 19.2 Å². The van der Waals surface area contributed by atoms with Crippen LogP contribution in [0.1, 0.15) is 25.7 Å². The molecule has 33 heavy (non-hydrogen) atoms. The Morgan fingerprint density at radius 3 is 2.12 bits per heavy atom. The fourth-order valence-electron chi connectivity index (χ4n) is 3.28. The van der Waals surface area contributed by atoms with Gasteiger partial charge in [0, 0.05) is 39.2 Å². The molecule has 2 fully saturated rings. The van der Waals surface area contributed by atoms with Gasteiger partial charge in [-0.2, -0.15) is 0 Å². The Kier molecular flexibility index (Phi) is 5.92. The van der Waals surface area contributed by atoms with E-state index in [9.17, 15) is 14.0 Å². The van der Waals surface area contributed by atoms with Gasteiger partial charge in [-0.3, -0.25) is 9.59 Å². The molecule has 0 saturated heterocycles. The molecule has 4 aromatic rings. The van der Waals surface area contributed by atoms with Crippen molar-refractivity contribution in [1.29, 1.82) is 0 Å². The monoisotopic (exact) mass is 576 g/mol. The summed E-state index contributed by atoms with van der Waals surface area (Å²) in [4.78, 5) is 23.1. The summed E-state index contributed by atoms with van der Waals surface area (Å²) in [6, 6.07) is 9.19. The molecule has 11 heteroatoms. The third kappa shape index (κ3) is 4.79. The second-order valence-corrected chi connectivity index (χ2v) is 9.76. The fraction of sp³-hybridized carbons (Fsp3) is 0.273. The predicted molar refractivity (Wildman–Crippen MR) is 128 cm³/mol. The minimum absolute atomic E-state index is 0.00574. The molecule has 0 aliphatic heterocycles. The smallest absolute Gasteiger partial charge is 0.228 e. The minimum atomic E-state index is -0.508. The number of pyridine rings is 2. The molecule has 2 amide bonds. The Balaban J connectivity index is 0.000000139. The topological polar surface area (TPSA) is 92.8 Å². The van der Waals surface area contributed by atoms with Crippen molar-refractivity contribution < 1.29 is 14.0 Å². The van der Waals surface area contributed by atoms with Gasteiger partial charge >= 0.3 is 0 Å². The predicted octanol–water partition coefficient (Wildman–Crippen LogP) is 5.03. The van der Waals surface area contributed by atoms with Crippen LogP contribution >= 0.6 is 31.9 Å². The van der Waals surface area contributed by atoms with Crippen molar-refractivity contribution in [3.8, 4) is 0 Å². The Bertz CT molecular complexity index is 1380. The molecule has 2 aliphatic rings. The van der Waals surface area contributed by atoms with Gasteiger partial charge in [0.05, 0.1) is 5.52 Å². The molecule has 0 unspecified atom stereocenters. The summed E-state index contributed by atoms with van der Waals surface area (Å²) in [5.74, 6) is 0.267. The number of rotatable bonds is 4. The molecule has 0 bridgehead atoms. The van der Waals surface area contributed by atoms with E-state index in [4.69, 9.17) is 0 Å². The highest BCUT2D eigenvalue weighted by atomic mass is 79.9. The molecular formula is C22H19Br2FN6O2. The van der Waals surface area contributed by atoms with Gasteiger partial charge < -0.3 is 10.6 Å². The second-order valence-electron chi connectivity index (χ2n) is 8.05. The highest BCUT2D eigenvalue weighted by molar-refractivity contribution is 9.11.